The Bertz CT molecular complexity index is 659. The van der Waals surface area contributed by atoms with Crippen LogP contribution in [0.4, 0.5) is 0 Å². The van der Waals surface area contributed by atoms with E-state index in [0.717, 1.165) is 11.3 Å². The molecule has 22 heavy (non-hydrogen) atoms. The third kappa shape index (κ3) is 4.93. The van der Waals surface area contributed by atoms with Gasteiger partial charge in [0.15, 0.2) is 0 Å². The minimum atomic E-state index is -0.233. The van der Waals surface area contributed by atoms with Crippen LogP contribution in [0, 0.1) is 6.92 Å². The van der Waals surface area contributed by atoms with Gasteiger partial charge in [-0.3, -0.25) is 4.79 Å². The van der Waals surface area contributed by atoms with Gasteiger partial charge < -0.3 is 10.1 Å². The standard InChI is InChI=1S/C17H17Cl2NO2/c1-12-4-2-5-14(10-12)22-9-3-8-20-17(21)15-11-13(18)6-7-16(15)19/h2,4-7,10-11H,3,8-9H2,1H3,(H,20,21). The molecule has 0 atom stereocenters. The van der Waals surface area contributed by atoms with E-state index < -0.39 is 0 Å². The first kappa shape index (κ1) is 16.7. The second kappa shape index (κ2) is 8.06. The fourth-order valence-electron chi connectivity index (χ4n) is 1.94. The lowest BCUT2D eigenvalue weighted by Crippen LogP contribution is -2.25. The first-order chi connectivity index (χ1) is 10.6. The van der Waals surface area contributed by atoms with Crippen LogP contribution in [-0.2, 0) is 0 Å². The minimum absolute atomic E-state index is 0.233. The van der Waals surface area contributed by atoms with Crippen molar-refractivity contribution in [3.63, 3.8) is 0 Å². The van der Waals surface area contributed by atoms with Crippen molar-refractivity contribution in [1.82, 2.24) is 5.32 Å². The number of benzene rings is 2. The summed E-state index contributed by atoms with van der Waals surface area (Å²) in [5.41, 5.74) is 1.54. The van der Waals surface area contributed by atoms with Crippen LogP contribution < -0.4 is 10.1 Å². The summed E-state index contributed by atoms with van der Waals surface area (Å²) in [5, 5.41) is 3.67. The van der Waals surface area contributed by atoms with Crippen molar-refractivity contribution in [2.24, 2.45) is 0 Å². The summed E-state index contributed by atoms with van der Waals surface area (Å²) in [5.74, 6) is 0.604. The molecule has 0 unspecified atom stereocenters. The van der Waals surface area contributed by atoms with Gasteiger partial charge >= 0.3 is 0 Å². The molecule has 0 aliphatic rings. The van der Waals surface area contributed by atoms with E-state index in [4.69, 9.17) is 27.9 Å². The van der Waals surface area contributed by atoms with Crippen molar-refractivity contribution in [3.05, 3.63) is 63.6 Å². The molecule has 5 heteroatoms. The van der Waals surface area contributed by atoms with Crippen LogP contribution in [0.1, 0.15) is 22.3 Å². The number of amides is 1. The van der Waals surface area contributed by atoms with Crippen molar-refractivity contribution in [1.29, 1.82) is 0 Å². The van der Waals surface area contributed by atoms with E-state index >= 15 is 0 Å². The maximum Gasteiger partial charge on any atom is 0.252 e. The number of nitrogens with one attached hydrogen (secondary N) is 1. The number of hydrogen-bond acceptors (Lipinski definition) is 2. The van der Waals surface area contributed by atoms with Gasteiger partial charge in [0.2, 0.25) is 0 Å². The molecule has 0 aromatic heterocycles. The van der Waals surface area contributed by atoms with Crippen LogP contribution in [0.5, 0.6) is 5.75 Å². The number of ether oxygens (including phenoxy) is 1. The maximum atomic E-state index is 12.0. The molecule has 2 aromatic carbocycles. The number of aryl methyl sites for hydroxylation is 1. The Morgan fingerprint density at radius 2 is 2.00 bits per heavy atom. The smallest absolute Gasteiger partial charge is 0.252 e. The highest BCUT2D eigenvalue weighted by Crippen LogP contribution is 2.20. The first-order valence-electron chi connectivity index (χ1n) is 6.99. The summed E-state index contributed by atoms with van der Waals surface area (Å²) in [6.07, 6.45) is 0.706. The SMILES string of the molecule is Cc1cccc(OCCCNC(=O)c2cc(Cl)ccc2Cl)c1. The topological polar surface area (TPSA) is 38.3 Å². The highest BCUT2D eigenvalue weighted by atomic mass is 35.5. The highest BCUT2D eigenvalue weighted by molar-refractivity contribution is 6.35. The average Bonchev–Trinajstić information content (AvgIpc) is 2.49. The Labute approximate surface area is 140 Å². The molecule has 0 heterocycles. The second-order valence-electron chi connectivity index (χ2n) is 4.90. The lowest BCUT2D eigenvalue weighted by Gasteiger charge is -2.09. The largest absolute Gasteiger partial charge is 0.494 e. The number of carbonyl (C=O) groups excluding carboxylic acids is 1. The maximum absolute atomic E-state index is 12.0. The van der Waals surface area contributed by atoms with E-state index in [1.165, 1.54) is 0 Å². The molecule has 0 aliphatic heterocycles. The summed E-state index contributed by atoms with van der Waals surface area (Å²) < 4.78 is 5.62. The van der Waals surface area contributed by atoms with Crippen LogP contribution in [0.15, 0.2) is 42.5 Å². The molecular formula is C17H17Cl2NO2. The predicted molar refractivity (Wildman–Crippen MR) is 90.1 cm³/mol. The predicted octanol–water partition coefficient (Wildman–Crippen LogP) is 4.50. The summed E-state index contributed by atoms with van der Waals surface area (Å²) in [6, 6.07) is 12.7. The molecule has 1 N–H and O–H groups in total. The number of halogens is 2. The van der Waals surface area contributed by atoms with Gasteiger partial charge in [-0.05, 0) is 49.2 Å². The van der Waals surface area contributed by atoms with E-state index in [0.29, 0.717) is 35.2 Å². The van der Waals surface area contributed by atoms with Gasteiger partial charge in [-0.2, -0.15) is 0 Å². The Morgan fingerprint density at radius 1 is 1.18 bits per heavy atom. The molecule has 2 aromatic rings. The monoisotopic (exact) mass is 337 g/mol. The van der Waals surface area contributed by atoms with Gasteiger partial charge in [-0.25, -0.2) is 0 Å². The lowest BCUT2D eigenvalue weighted by atomic mass is 10.2. The Hall–Kier alpha value is -1.71. The molecule has 1 amide bonds. The molecule has 116 valence electrons. The summed E-state index contributed by atoms with van der Waals surface area (Å²) in [6.45, 7) is 3.06. The summed E-state index contributed by atoms with van der Waals surface area (Å²) >= 11 is 11.8. The zero-order chi connectivity index (χ0) is 15.9. The summed E-state index contributed by atoms with van der Waals surface area (Å²) in [7, 11) is 0. The van der Waals surface area contributed by atoms with E-state index in [1.54, 1.807) is 18.2 Å². The van der Waals surface area contributed by atoms with E-state index in [-0.39, 0.29) is 5.91 Å². The number of rotatable bonds is 6. The molecular weight excluding hydrogens is 321 g/mol. The Kier molecular flexibility index (Phi) is 6.10. The van der Waals surface area contributed by atoms with Crippen molar-refractivity contribution in [2.45, 2.75) is 13.3 Å². The van der Waals surface area contributed by atoms with Gasteiger partial charge in [-0.1, -0.05) is 35.3 Å². The Balaban J connectivity index is 1.74. The normalized spacial score (nSPS) is 10.3. The van der Waals surface area contributed by atoms with Crippen molar-refractivity contribution in [3.8, 4) is 5.75 Å². The van der Waals surface area contributed by atoms with Crippen molar-refractivity contribution in [2.75, 3.05) is 13.2 Å². The third-order valence-electron chi connectivity index (χ3n) is 3.04. The highest BCUT2D eigenvalue weighted by Gasteiger charge is 2.10. The van der Waals surface area contributed by atoms with Crippen molar-refractivity contribution >= 4 is 29.1 Å². The van der Waals surface area contributed by atoms with Crippen molar-refractivity contribution < 1.29 is 9.53 Å². The quantitative estimate of drug-likeness (QED) is 0.788. The molecule has 0 bridgehead atoms. The zero-order valence-corrected chi connectivity index (χ0v) is 13.7. The van der Waals surface area contributed by atoms with Gasteiger partial charge in [0.25, 0.3) is 5.91 Å². The first-order valence-corrected chi connectivity index (χ1v) is 7.74. The number of carbonyl (C=O) groups is 1. The second-order valence-corrected chi connectivity index (χ2v) is 5.74. The molecule has 0 spiro atoms. The third-order valence-corrected chi connectivity index (χ3v) is 3.60. The van der Waals surface area contributed by atoms with Gasteiger partial charge in [0.05, 0.1) is 17.2 Å². The lowest BCUT2D eigenvalue weighted by molar-refractivity contribution is 0.0951. The average molecular weight is 338 g/mol. The zero-order valence-electron chi connectivity index (χ0n) is 12.2. The van der Waals surface area contributed by atoms with Crippen LogP contribution in [0.25, 0.3) is 0 Å². The van der Waals surface area contributed by atoms with Crippen LogP contribution >= 0.6 is 23.2 Å². The molecule has 0 saturated carbocycles. The van der Waals surface area contributed by atoms with Gasteiger partial charge in [0.1, 0.15) is 5.75 Å². The van der Waals surface area contributed by atoms with E-state index in [9.17, 15) is 4.79 Å². The van der Waals surface area contributed by atoms with Crippen LogP contribution in [-0.4, -0.2) is 19.1 Å². The molecule has 2 rings (SSSR count). The summed E-state index contributed by atoms with van der Waals surface area (Å²) in [4.78, 5) is 12.0. The molecule has 3 nitrogen and oxygen atoms in total. The van der Waals surface area contributed by atoms with Crippen LogP contribution in [0.3, 0.4) is 0 Å². The molecule has 0 saturated heterocycles. The molecule has 0 fully saturated rings. The minimum Gasteiger partial charge on any atom is -0.494 e. The van der Waals surface area contributed by atoms with Crippen LogP contribution in [0.2, 0.25) is 10.0 Å². The fraction of sp³-hybridized carbons (Fsp3) is 0.235. The van der Waals surface area contributed by atoms with Gasteiger partial charge in [0, 0.05) is 11.6 Å². The van der Waals surface area contributed by atoms with E-state index in [1.807, 2.05) is 31.2 Å². The fourth-order valence-corrected chi connectivity index (χ4v) is 2.31. The molecule has 0 aliphatic carbocycles. The van der Waals surface area contributed by atoms with E-state index in [2.05, 4.69) is 5.32 Å². The van der Waals surface area contributed by atoms with Gasteiger partial charge in [-0.15, -0.1) is 0 Å². The Morgan fingerprint density at radius 3 is 2.77 bits per heavy atom. The number of hydrogen-bond donors (Lipinski definition) is 1. The molecule has 0 radical (unpaired) electrons.